The normalized spacial score (nSPS) is 13.2. The third-order valence-electron chi connectivity index (χ3n) is 11.5. The van der Waals surface area contributed by atoms with Crippen LogP contribution < -0.4 is 4.90 Å². The number of fused-ring (bicyclic) bond motifs is 11. The highest BCUT2D eigenvalue weighted by Gasteiger charge is 2.50. The summed E-state index contributed by atoms with van der Waals surface area (Å²) in [5.41, 5.74) is 15.8. The standard InChI is InChI=1S/C53H35NS/c1-3-13-36(14-4-1)38-23-28-41(29-24-38)54(42-30-25-39(26-31-42)37-15-5-2-6-16-37)43-32-34-49-51(35-43)55-52-44-18-8-7-17-40(44)27-33-50(52)53(49)47-21-11-9-19-45(47)46-20-10-12-22-48(46)53/h1-35H. The van der Waals surface area contributed by atoms with Gasteiger partial charge in [0.2, 0.25) is 0 Å². The van der Waals surface area contributed by atoms with Gasteiger partial charge in [0.05, 0.1) is 5.41 Å². The van der Waals surface area contributed by atoms with E-state index >= 15 is 0 Å². The Morgan fingerprint density at radius 1 is 0.345 bits per heavy atom. The maximum absolute atomic E-state index is 2.44. The number of benzene rings is 9. The molecule has 1 aliphatic heterocycles. The first kappa shape index (κ1) is 31.9. The Kier molecular flexibility index (Phi) is 7.40. The second kappa shape index (κ2) is 12.8. The number of nitrogens with zero attached hydrogens (tertiary/aromatic N) is 1. The highest BCUT2D eigenvalue weighted by atomic mass is 32.2. The fourth-order valence-corrected chi connectivity index (χ4v) is 10.4. The van der Waals surface area contributed by atoms with Crippen LogP contribution in [-0.4, -0.2) is 0 Å². The molecule has 0 fully saturated rings. The van der Waals surface area contributed by atoms with Gasteiger partial charge in [0.1, 0.15) is 0 Å². The van der Waals surface area contributed by atoms with Gasteiger partial charge in [-0.2, -0.15) is 0 Å². The minimum absolute atomic E-state index is 0.439. The van der Waals surface area contributed by atoms with Crippen molar-refractivity contribution in [1.29, 1.82) is 0 Å². The van der Waals surface area contributed by atoms with Gasteiger partial charge in [-0.05, 0) is 103 Å². The molecule has 0 saturated heterocycles. The van der Waals surface area contributed by atoms with Crippen LogP contribution in [0.5, 0.6) is 0 Å². The number of anilines is 3. The summed E-state index contributed by atoms with van der Waals surface area (Å²) in [6.07, 6.45) is 0. The molecule has 1 heterocycles. The highest BCUT2D eigenvalue weighted by Crippen LogP contribution is 2.63. The topological polar surface area (TPSA) is 3.24 Å². The molecule has 0 atom stereocenters. The van der Waals surface area contributed by atoms with Crippen molar-refractivity contribution >= 4 is 39.6 Å². The van der Waals surface area contributed by atoms with Gasteiger partial charge >= 0.3 is 0 Å². The summed E-state index contributed by atoms with van der Waals surface area (Å²) in [4.78, 5) is 5.02. The lowest BCUT2D eigenvalue weighted by Crippen LogP contribution is -2.32. The van der Waals surface area contributed by atoms with Gasteiger partial charge in [-0.15, -0.1) is 0 Å². The summed E-state index contributed by atoms with van der Waals surface area (Å²) in [6.45, 7) is 0. The molecule has 11 rings (SSSR count). The van der Waals surface area contributed by atoms with Crippen molar-refractivity contribution in [3.8, 4) is 33.4 Å². The smallest absolute Gasteiger partial charge is 0.0735 e. The second-order valence-electron chi connectivity index (χ2n) is 14.4. The molecule has 1 aliphatic carbocycles. The molecule has 1 nitrogen and oxygen atoms in total. The predicted octanol–water partition coefficient (Wildman–Crippen LogP) is 14.5. The van der Waals surface area contributed by atoms with E-state index in [1.165, 1.54) is 76.2 Å². The van der Waals surface area contributed by atoms with Gasteiger partial charge in [-0.1, -0.05) is 188 Å². The number of hydrogen-bond donors (Lipinski definition) is 0. The van der Waals surface area contributed by atoms with E-state index in [-0.39, 0.29) is 0 Å². The SMILES string of the molecule is c1ccc(-c2ccc(N(c3ccc(-c4ccccc4)cc3)c3ccc4c(c3)Sc3c(ccc5ccccc35)C43c4ccccc4-c4ccccc43)cc2)cc1. The van der Waals surface area contributed by atoms with Crippen LogP contribution in [0.2, 0.25) is 0 Å². The van der Waals surface area contributed by atoms with Crippen LogP contribution in [0.25, 0.3) is 44.2 Å². The molecule has 0 radical (unpaired) electrons. The monoisotopic (exact) mass is 717 g/mol. The van der Waals surface area contributed by atoms with Gasteiger partial charge in [0, 0.05) is 26.9 Å². The maximum atomic E-state index is 2.44. The van der Waals surface area contributed by atoms with E-state index in [4.69, 9.17) is 0 Å². The lowest BCUT2D eigenvalue weighted by molar-refractivity contribution is 0.726. The van der Waals surface area contributed by atoms with E-state index in [0.717, 1.165) is 17.1 Å². The fourth-order valence-electron chi connectivity index (χ4n) is 9.08. The molecule has 2 aliphatic rings. The van der Waals surface area contributed by atoms with E-state index in [9.17, 15) is 0 Å². The molecule has 0 aromatic heterocycles. The first-order valence-electron chi connectivity index (χ1n) is 18.9. The van der Waals surface area contributed by atoms with Crippen LogP contribution in [0.15, 0.2) is 222 Å². The molecule has 1 spiro atoms. The largest absolute Gasteiger partial charge is 0.310 e. The molecule has 0 saturated carbocycles. The molecule has 258 valence electrons. The van der Waals surface area contributed by atoms with Crippen molar-refractivity contribution < 1.29 is 0 Å². The van der Waals surface area contributed by atoms with Gasteiger partial charge in [-0.3, -0.25) is 0 Å². The third-order valence-corrected chi connectivity index (χ3v) is 12.7. The van der Waals surface area contributed by atoms with Crippen LogP contribution >= 0.6 is 11.8 Å². The average Bonchev–Trinajstić information content (AvgIpc) is 3.55. The maximum Gasteiger partial charge on any atom is 0.0735 e. The van der Waals surface area contributed by atoms with E-state index < -0.39 is 5.41 Å². The average molecular weight is 718 g/mol. The van der Waals surface area contributed by atoms with Crippen LogP contribution in [0, 0.1) is 0 Å². The quantitative estimate of drug-likeness (QED) is 0.174. The summed E-state index contributed by atoms with van der Waals surface area (Å²) in [5, 5.41) is 2.56. The lowest BCUT2D eigenvalue weighted by atomic mass is 9.67. The number of rotatable bonds is 5. The van der Waals surface area contributed by atoms with E-state index in [1.54, 1.807) is 0 Å². The van der Waals surface area contributed by atoms with Crippen LogP contribution in [0.3, 0.4) is 0 Å². The lowest BCUT2D eigenvalue weighted by Gasteiger charge is -2.40. The van der Waals surface area contributed by atoms with Crippen LogP contribution in [-0.2, 0) is 5.41 Å². The molecule has 0 unspecified atom stereocenters. The summed E-state index contributed by atoms with van der Waals surface area (Å²) < 4.78 is 0. The van der Waals surface area contributed by atoms with Crippen molar-refractivity contribution in [2.75, 3.05) is 4.90 Å². The van der Waals surface area contributed by atoms with Gasteiger partial charge in [0.25, 0.3) is 0 Å². The van der Waals surface area contributed by atoms with Crippen molar-refractivity contribution in [2.24, 2.45) is 0 Å². The summed E-state index contributed by atoms with van der Waals surface area (Å²) in [6, 6.07) is 78.1. The van der Waals surface area contributed by atoms with Gasteiger partial charge in [0.15, 0.2) is 0 Å². The zero-order chi connectivity index (χ0) is 36.3. The molecule has 9 aromatic carbocycles. The van der Waals surface area contributed by atoms with Crippen molar-refractivity contribution in [3.63, 3.8) is 0 Å². The molecule has 0 amide bonds. The molecular weight excluding hydrogens is 683 g/mol. The third kappa shape index (κ3) is 4.95. The van der Waals surface area contributed by atoms with E-state index in [1.807, 2.05) is 11.8 Å². The molecule has 0 N–H and O–H groups in total. The van der Waals surface area contributed by atoms with Crippen molar-refractivity contribution in [1.82, 2.24) is 0 Å². The molecule has 55 heavy (non-hydrogen) atoms. The minimum Gasteiger partial charge on any atom is -0.310 e. The molecule has 9 aromatic rings. The summed E-state index contributed by atoms with van der Waals surface area (Å²) >= 11 is 1.92. The number of hydrogen-bond acceptors (Lipinski definition) is 2. The van der Waals surface area contributed by atoms with Crippen molar-refractivity contribution in [3.05, 3.63) is 235 Å². The van der Waals surface area contributed by atoms with Crippen LogP contribution in [0.1, 0.15) is 22.3 Å². The highest BCUT2D eigenvalue weighted by molar-refractivity contribution is 7.99. The predicted molar refractivity (Wildman–Crippen MR) is 231 cm³/mol. The minimum atomic E-state index is -0.439. The first-order valence-corrected chi connectivity index (χ1v) is 19.7. The van der Waals surface area contributed by atoms with E-state index in [0.29, 0.717) is 0 Å². The Morgan fingerprint density at radius 2 is 0.818 bits per heavy atom. The summed E-state index contributed by atoms with van der Waals surface area (Å²) in [7, 11) is 0. The zero-order valence-electron chi connectivity index (χ0n) is 30.1. The van der Waals surface area contributed by atoms with Gasteiger partial charge < -0.3 is 4.90 Å². The Morgan fingerprint density at radius 3 is 1.42 bits per heavy atom. The Hall–Kier alpha value is -6.61. The Balaban J connectivity index is 1.13. The molecule has 0 bridgehead atoms. The van der Waals surface area contributed by atoms with Crippen molar-refractivity contribution in [2.45, 2.75) is 15.2 Å². The fraction of sp³-hybridized carbons (Fsp3) is 0.0189. The zero-order valence-corrected chi connectivity index (χ0v) is 30.9. The Bertz CT molecular complexity index is 2750. The van der Waals surface area contributed by atoms with E-state index in [2.05, 4.69) is 217 Å². The van der Waals surface area contributed by atoms with Crippen LogP contribution in [0.4, 0.5) is 17.1 Å². The molecular formula is C53H35NS. The van der Waals surface area contributed by atoms with Gasteiger partial charge in [-0.25, -0.2) is 0 Å². The molecule has 2 heteroatoms. The first-order chi connectivity index (χ1) is 27.3. The Labute approximate surface area is 326 Å². The second-order valence-corrected chi connectivity index (χ2v) is 15.5. The summed E-state index contributed by atoms with van der Waals surface area (Å²) in [5.74, 6) is 0.